The summed E-state index contributed by atoms with van der Waals surface area (Å²) in [5.74, 6) is 0. The molecule has 86 valence electrons. The van der Waals surface area contributed by atoms with Gasteiger partial charge in [0.05, 0.1) is 10.7 Å². The third-order valence-corrected chi connectivity index (χ3v) is 2.84. The third-order valence-electron chi connectivity index (χ3n) is 2.51. The van der Waals surface area contributed by atoms with Gasteiger partial charge in [-0.2, -0.15) is 0 Å². The fourth-order valence-electron chi connectivity index (χ4n) is 1.73. The van der Waals surface area contributed by atoms with E-state index in [0.29, 0.717) is 0 Å². The SMILES string of the molecule is Clc1ccccc1-c1cn2ccccc2n1.I. The average Bonchev–Trinajstić information content (AvgIpc) is 2.73. The number of fused-ring (bicyclic) bond motifs is 1. The monoisotopic (exact) mass is 356 g/mol. The molecule has 0 saturated heterocycles. The molecule has 2 nitrogen and oxygen atoms in total. The first-order valence-electron chi connectivity index (χ1n) is 5.03. The largest absolute Gasteiger partial charge is 0.306 e. The zero-order valence-corrected chi connectivity index (χ0v) is 12.0. The summed E-state index contributed by atoms with van der Waals surface area (Å²) in [6.45, 7) is 0. The van der Waals surface area contributed by atoms with Crippen LogP contribution in [0.25, 0.3) is 16.9 Å². The second kappa shape index (κ2) is 5.06. The van der Waals surface area contributed by atoms with Crippen LogP contribution < -0.4 is 0 Å². The minimum absolute atomic E-state index is 0. The molecule has 1 aromatic carbocycles. The lowest BCUT2D eigenvalue weighted by molar-refractivity contribution is 1.19. The molecule has 0 spiro atoms. The Morgan fingerprint density at radius 3 is 2.53 bits per heavy atom. The van der Waals surface area contributed by atoms with E-state index in [1.807, 2.05) is 59.3 Å². The van der Waals surface area contributed by atoms with Gasteiger partial charge in [0.25, 0.3) is 0 Å². The Labute approximate surface area is 121 Å². The first-order chi connectivity index (χ1) is 7.84. The van der Waals surface area contributed by atoms with Crippen molar-refractivity contribution in [2.45, 2.75) is 0 Å². The smallest absolute Gasteiger partial charge is 0.137 e. The molecule has 0 aliphatic rings. The molecule has 3 rings (SSSR count). The molecule has 0 bridgehead atoms. The van der Waals surface area contributed by atoms with Crippen molar-refractivity contribution >= 4 is 41.2 Å². The molecule has 0 amide bonds. The van der Waals surface area contributed by atoms with Crippen molar-refractivity contribution in [2.75, 3.05) is 0 Å². The number of aromatic nitrogens is 2. The first-order valence-corrected chi connectivity index (χ1v) is 5.41. The van der Waals surface area contributed by atoms with E-state index in [9.17, 15) is 0 Å². The second-order valence-corrected chi connectivity index (χ2v) is 3.98. The zero-order chi connectivity index (χ0) is 11.0. The molecule has 0 saturated carbocycles. The fourth-order valence-corrected chi connectivity index (χ4v) is 1.97. The molecule has 2 heterocycles. The van der Waals surface area contributed by atoms with Gasteiger partial charge < -0.3 is 4.40 Å². The molecule has 0 N–H and O–H groups in total. The van der Waals surface area contributed by atoms with Crippen molar-refractivity contribution in [3.63, 3.8) is 0 Å². The normalized spacial score (nSPS) is 10.2. The van der Waals surface area contributed by atoms with E-state index in [1.54, 1.807) is 0 Å². The highest BCUT2D eigenvalue weighted by Gasteiger charge is 2.06. The van der Waals surface area contributed by atoms with Crippen molar-refractivity contribution in [1.29, 1.82) is 0 Å². The summed E-state index contributed by atoms with van der Waals surface area (Å²) in [5.41, 5.74) is 2.79. The Morgan fingerprint density at radius 1 is 1.00 bits per heavy atom. The Bertz CT molecular complexity index is 615. The summed E-state index contributed by atoms with van der Waals surface area (Å²) in [6.07, 6.45) is 3.96. The van der Waals surface area contributed by atoms with Crippen molar-refractivity contribution in [3.8, 4) is 11.3 Å². The van der Waals surface area contributed by atoms with Crippen LogP contribution in [0.15, 0.2) is 54.9 Å². The van der Waals surface area contributed by atoms with Gasteiger partial charge in [0.1, 0.15) is 5.65 Å². The number of halogens is 2. The van der Waals surface area contributed by atoms with E-state index < -0.39 is 0 Å². The van der Waals surface area contributed by atoms with E-state index >= 15 is 0 Å². The van der Waals surface area contributed by atoms with Gasteiger partial charge in [0.15, 0.2) is 0 Å². The highest BCUT2D eigenvalue weighted by Crippen LogP contribution is 2.26. The van der Waals surface area contributed by atoms with Crippen LogP contribution in [-0.4, -0.2) is 9.38 Å². The van der Waals surface area contributed by atoms with E-state index in [1.165, 1.54) is 0 Å². The quantitative estimate of drug-likeness (QED) is 0.595. The molecule has 0 atom stereocenters. The van der Waals surface area contributed by atoms with E-state index in [-0.39, 0.29) is 24.0 Å². The second-order valence-electron chi connectivity index (χ2n) is 3.57. The maximum Gasteiger partial charge on any atom is 0.137 e. The zero-order valence-electron chi connectivity index (χ0n) is 8.88. The third kappa shape index (κ3) is 2.30. The minimum Gasteiger partial charge on any atom is -0.306 e. The van der Waals surface area contributed by atoms with Crippen LogP contribution in [0.2, 0.25) is 5.02 Å². The van der Waals surface area contributed by atoms with Crippen LogP contribution in [0.4, 0.5) is 0 Å². The number of hydrogen-bond acceptors (Lipinski definition) is 1. The highest BCUT2D eigenvalue weighted by atomic mass is 127. The fraction of sp³-hybridized carbons (Fsp3) is 0. The van der Waals surface area contributed by atoms with E-state index in [2.05, 4.69) is 4.98 Å². The van der Waals surface area contributed by atoms with Crippen LogP contribution in [0.5, 0.6) is 0 Å². The van der Waals surface area contributed by atoms with Crippen molar-refractivity contribution in [1.82, 2.24) is 9.38 Å². The molecule has 4 heteroatoms. The lowest BCUT2D eigenvalue weighted by atomic mass is 10.2. The van der Waals surface area contributed by atoms with Crippen LogP contribution in [0, 0.1) is 0 Å². The number of hydrogen-bond donors (Lipinski definition) is 0. The minimum atomic E-state index is 0. The molecule has 0 aliphatic heterocycles. The summed E-state index contributed by atoms with van der Waals surface area (Å²) >= 11 is 6.14. The summed E-state index contributed by atoms with van der Waals surface area (Å²) < 4.78 is 1.98. The maximum atomic E-state index is 6.14. The molecule has 0 fully saturated rings. The van der Waals surface area contributed by atoms with Gasteiger partial charge in [-0.15, -0.1) is 24.0 Å². The maximum absolute atomic E-state index is 6.14. The van der Waals surface area contributed by atoms with Crippen molar-refractivity contribution in [2.24, 2.45) is 0 Å². The number of nitrogens with zero attached hydrogens (tertiary/aromatic N) is 2. The molecule has 17 heavy (non-hydrogen) atoms. The van der Waals surface area contributed by atoms with Crippen LogP contribution in [0.1, 0.15) is 0 Å². The van der Waals surface area contributed by atoms with Crippen molar-refractivity contribution in [3.05, 3.63) is 59.9 Å². The molecule has 0 radical (unpaired) electrons. The predicted molar refractivity (Wildman–Crippen MR) is 81.1 cm³/mol. The molecular formula is C13H10ClIN2. The molecule has 0 aliphatic carbocycles. The number of imidazole rings is 1. The van der Waals surface area contributed by atoms with Gasteiger partial charge in [-0.1, -0.05) is 35.9 Å². The van der Waals surface area contributed by atoms with E-state index in [0.717, 1.165) is 21.9 Å². The molecule has 0 unspecified atom stereocenters. The van der Waals surface area contributed by atoms with Crippen LogP contribution in [-0.2, 0) is 0 Å². The Balaban J connectivity index is 0.00000108. The number of rotatable bonds is 1. The Hall–Kier alpha value is -1.07. The summed E-state index contributed by atoms with van der Waals surface area (Å²) in [5, 5.41) is 0.728. The summed E-state index contributed by atoms with van der Waals surface area (Å²) in [4.78, 5) is 4.52. The van der Waals surface area contributed by atoms with E-state index in [4.69, 9.17) is 11.6 Å². The van der Waals surface area contributed by atoms with Crippen LogP contribution in [0.3, 0.4) is 0 Å². The summed E-state index contributed by atoms with van der Waals surface area (Å²) in [7, 11) is 0. The van der Waals surface area contributed by atoms with Gasteiger partial charge in [-0.05, 0) is 18.2 Å². The van der Waals surface area contributed by atoms with Crippen LogP contribution >= 0.6 is 35.6 Å². The van der Waals surface area contributed by atoms with Gasteiger partial charge in [-0.3, -0.25) is 0 Å². The lowest BCUT2D eigenvalue weighted by Crippen LogP contribution is -1.77. The summed E-state index contributed by atoms with van der Waals surface area (Å²) in [6, 6.07) is 13.7. The predicted octanol–water partition coefficient (Wildman–Crippen LogP) is 4.27. The van der Waals surface area contributed by atoms with Gasteiger partial charge in [0, 0.05) is 18.0 Å². The standard InChI is InChI=1S/C13H9ClN2.HI/c14-11-6-2-1-5-10(11)12-9-16-8-4-3-7-13(16)15-12;/h1-9H;1H. The topological polar surface area (TPSA) is 17.3 Å². The Morgan fingerprint density at radius 2 is 1.76 bits per heavy atom. The highest BCUT2D eigenvalue weighted by molar-refractivity contribution is 14.0. The molecular weight excluding hydrogens is 347 g/mol. The first kappa shape index (κ1) is 12.4. The number of benzene rings is 1. The van der Waals surface area contributed by atoms with Crippen molar-refractivity contribution < 1.29 is 0 Å². The lowest BCUT2D eigenvalue weighted by Gasteiger charge is -1.97. The van der Waals surface area contributed by atoms with Gasteiger partial charge >= 0.3 is 0 Å². The van der Waals surface area contributed by atoms with Gasteiger partial charge in [-0.25, -0.2) is 4.98 Å². The molecule has 2 aromatic heterocycles. The Kier molecular flexibility index (Phi) is 3.69. The average molecular weight is 357 g/mol. The molecule has 3 aromatic rings. The number of pyridine rings is 1. The van der Waals surface area contributed by atoms with Gasteiger partial charge in [0.2, 0.25) is 0 Å².